The fraction of sp³-hybridized carbons (Fsp3) is 0. The highest BCUT2D eigenvalue weighted by atomic mass is 32.2. The molecule has 0 aliphatic heterocycles. The lowest BCUT2D eigenvalue weighted by atomic mass is 10.0. The Morgan fingerprint density at radius 2 is 0.853 bits per heavy atom. The number of hydrogen-bond donors (Lipinski definition) is 0. The van der Waals surface area contributed by atoms with E-state index in [1.165, 1.54) is 24.7 Å². The van der Waals surface area contributed by atoms with Gasteiger partial charge in [0.2, 0.25) is 10.2 Å². The van der Waals surface area contributed by atoms with Crippen molar-refractivity contribution >= 4 is 33.8 Å². The van der Waals surface area contributed by atoms with Gasteiger partial charge in [0.25, 0.3) is 0 Å². The second-order valence-corrected chi connectivity index (χ2v) is 8.51. The van der Waals surface area contributed by atoms with Gasteiger partial charge < -0.3 is 9.47 Å². The molecule has 3 rings (SSSR count). The molecule has 3 aromatic rings. The first-order chi connectivity index (χ1) is 16.6. The van der Waals surface area contributed by atoms with E-state index in [1.54, 1.807) is 10.8 Å². The Bertz CT molecular complexity index is 1100. The van der Waals surface area contributed by atoms with Crippen molar-refractivity contribution in [2.24, 2.45) is 0 Å². The minimum atomic E-state index is -0.132. The molecule has 0 saturated carbocycles. The Morgan fingerprint density at radius 3 is 1.15 bits per heavy atom. The zero-order valence-electron chi connectivity index (χ0n) is 18.3. The van der Waals surface area contributed by atoms with Crippen molar-refractivity contribution in [2.45, 2.75) is 0 Å². The molecule has 0 atom stereocenters. The first-order valence-corrected chi connectivity index (χ1v) is 12.0. The molecular formula is C28H22O4S2. The van der Waals surface area contributed by atoms with Gasteiger partial charge in [-0.2, -0.15) is 0 Å². The third-order valence-electron chi connectivity index (χ3n) is 4.48. The van der Waals surface area contributed by atoms with Gasteiger partial charge in [-0.25, -0.2) is 0 Å². The molecule has 0 fully saturated rings. The van der Waals surface area contributed by atoms with Gasteiger partial charge in [0, 0.05) is 10.8 Å². The Morgan fingerprint density at radius 1 is 0.559 bits per heavy atom. The molecule has 3 aromatic carbocycles. The molecule has 0 aromatic heterocycles. The predicted molar refractivity (Wildman–Crippen MR) is 142 cm³/mol. The van der Waals surface area contributed by atoms with Crippen LogP contribution < -0.4 is 9.47 Å². The molecule has 0 unspecified atom stereocenters. The molecule has 0 aliphatic rings. The number of thioether (sulfide) groups is 2. The second-order valence-electron chi connectivity index (χ2n) is 6.69. The molecule has 0 spiro atoms. The molecule has 0 heterocycles. The highest BCUT2D eigenvalue weighted by Crippen LogP contribution is 2.27. The van der Waals surface area contributed by atoms with Crippen LogP contribution in [0.15, 0.2) is 121 Å². The van der Waals surface area contributed by atoms with Crippen LogP contribution in [0.3, 0.4) is 0 Å². The first kappa shape index (κ1) is 24.9. The summed E-state index contributed by atoms with van der Waals surface area (Å²) < 4.78 is 11.0. The maximum Gasteiger partial charge on any atom is 0.215 e. The van der Waals surface area contributed by atoms with Crippen molar-refractivity contribution in [3.05, 3.63) is 121 Å². The summed E-state index contributed by atoms with van der Waals surface area (Å²) >= 11 is 2.03. The van der Waals surface area contributed by atoms with Gasteiger partial charge in [0.15, 0.2) is 0 Å². The number of carbonyl (C=O) groups excluding carboxylic acids is 2. The first-order valence-electron chi connectivity index (χ1n) is 10.2. The Labute approximate surface area is 207 Å². The van der Waals surface area contributed by atoms with Gasteiger partial charge >= 0.3 is 0 Å². The number of benzene rings is 3. The van der Waals surface area contributed by atoms with E-state index in [2.05, 4.69) is 37.4 Å². The van der Waals surface area contributed by atoms with Gasteiger partial charge in [-0.3, -0.25) is 9.59 Å². The third-order valence-corrected chi connectivity index (χ3v) is 5.77. The van der Waals surface area contributed by atoms with Crippen LogP contribution in [0.2, 0.25) is 0 Å². The molecule has 0 N–H and O–H groups in total. The number of rotatable bonds is 10. The summed E-state index contributed by atoms with van der Waals surface area (Å²) in [6.07, 6.45) is 5.47. The smallest absolute Gasteiger partial charge is 0.215 e. The fourth-order valence-electron chi connectivity index (χ4n) is 2.81. The highest BCUT2D eigenvalue weighted by molar-refractivity contribution is 8.16. The van der Waals surface area contributed by atoms with Gasteiger partial charge in [-0.05, 0) is 58.7 Å². The molecule has 4 nitrogen and oxygen atoms in total. The van der Waals surface area contributed by atoms with Crippen molar-refractivity contribution < 1.29 is 19.1 Å². The topological polar surface area (TPSA) is 52.6 Å². The average Bonchev–Trinajstić information content (AvgIpc) is 2.89. The maximum absolute atomic E-state index is 11.1. The lowest BCUT2D eigenvalue weighted by molar-refractivity contribution is -0.107. The summed E-state index contributed by atoms with van der Waals surface area (Å²) in [5.74, 6) is 1.37. The molecular weight excluding hydrogens is 464 g/mol. The third kappa shape index (κ3) is 7.69. The summed E-state index contributed by atoms with van der Waals surface area (Å²) in [6.45, 7) is 6.83. The van der Waals surface area contributed by atoms with Gasteiger partial charge in [0.1, 0.15) is 11.5 Å². The van der Waals surface area contributed by atoms with Crippen molar-refractivity contribution in [3.63, 3.8) is 0 Å². The summed E-state index contributed by atoms with van der Waals surface area (Å²) in [4.78, 5) is 22.3. The minimum Gasteiger partial charge on any atom is -0.464 e. The Hall–Kier alpha value is -3.74. The zero-order chi connectivity index (χ0) is 24.2. The van der Waals surface area contributed by atoms with Crippen LogP contribution in [0, 0.1) is 0 Å². The predicted octanol–water partition coefficient (Wildman–Crippen LogP) is 7.61. The van der Waals surface area contributed by atoms with E-state index in [4.69, 9.17) is 9.47 Å². The number of hydrogen-bond acceptors (Lipinski definition) is 6. The Kier molecular flexibility index (Phi) is 9.58. The zero-order valence-corrected chi connectivity index (χ0v) is 19.9. The monoisotopic (exact) mass is 486 g/mol. The van der Waals surface area contributed by atoms with Crippen LogP contribution in [0.4, 0.5) is 0 Å². The van der Waals surface area contributed by atoms with E-state index in [-0.39, 0.29) is 10.2 Å². The van der Waals surface area contributed by atoms with Crippen LogP contribution in [0.25, 0.3) is 22.3 Å². The van der Waals surface area contributed by atoms with Crippen molar-refractivity contribution in [3.8, 4) is 33.8 Å². The maximum atomic E-state index is 11.1. The van der Waals surface area contributed by atoms with Crippen molar-refractivity contribution in [2.75, 3.05) is 0 Å². The molecule has 170 valence electrons. The van der Waals surface area contributed by atoms with Gasteiger partial charge in [-0.1, -0.05) is 85.2 Å². The lowest BCUT2D eigenvalue weighted by Gasteiger charge is -2.07. The molecule has 0 bridgehead atoms. The van der Waals surface area contributed by atoms with Crippen LogP contribution in [-0.2, 0) is 9.59 Å². The summed E-state index contributed by atoms with van der Waals surface area (Å²) in [5, 5.41) is 2.90. The quantitative estimate of drug-likeness (QED) is 0.217. The van der Waals surface area contributed by atoms with Crippen LogP contribution in [0.5, 0.6) is 11.5 Å². The van der Waals surface area contributed by atoms with Crippen LogP contribution >= 0.6 is 23.5 Å². The largest absolute Gasteiger partial charge is 0.464 e. The molecule has 34 heavy (non-hydrogen) atoms. The van der Waals surface area contributed by atoms with E-state index in [0.29, 0.717) is 11.5 Å². The summed E-state index contributed by atoms with van der Waals surface area (Å²) in [6, 6.07) is 23.8. The van der Waals surface area contributed by atoms with E-state index >= 15 is 0 Å². The van der Waals surface area contributed by atoms with E-state index < -0.39 is 0 Å². The Balaban J connectivity index is 1.57. The van der Waals surface area contributed by atoms with Crippen molar-refractivity contribution in [1.29, 1.82) is 0 Å². The fourth-order valence-corrected chi connectivity index (χ4v) is 3.49. The second kappa shape index (κ2) is 13.1. The molecule has 0 amide bonds. The molecule has 6 heteroatoms. The average molecular weight is 487 g/mol. The summed E-state index contributed by atoms with van der Waals surface area (Å²) in [5.41, 5.74) is 4.33. The van der Waals surface area contributed by atoms with E-state index in [1.807, 2.05) is 48.5 Å². The SMILES string of the molecule is C=CC(=O)S/C=C\Oc1ccc(-c2ccc(-c3ccc(O/C=C\SC(=O)C=C)cc3)cc2)cc1. The normalized spacial score (nSPS) is 10.8. The van der Waals surface area contributed by atoms with Gasteiger partial charge in [0.05, 0.1) is 12.5 Å². The van der Waals surface area contributed by atoms with Crippen LogP contribution in [-0.4, -0.2) is 10.2 Å². The minimum absolute atomic E-state index is 0.132. The van der Waals surface area contributed by atoms with Crippen LogP contribution in [0.1, 0.15) is 0 Å². The van der Waals surface area contributed by atoms with E-state index in [9.17, 15) is 9.59 Å². The number of carbonyl (C=O) groups is 2. The molecule has 0 saturated heterocycles. The number of ether oxygens (including phenoxy) is 2. The van der Waals surface area contributed by atoms with Crippen molar-refractivity contribution in [1.82, 2.24) is 0 Å². The highest BCUT2D eigenvalue weighted by Gasteiger charge is 2.02. The molecule has 0 radical (unpaired) electrons. The standard InChI is InChI=1S/C28H22O4S2/c1-3-27(29)33-19-17-31-25-13-9-23(10-14-25)21-5-7-22(8-6-21)24-11-15-26(16-12-24)32-18-20-34-28(30)4-2/h3-20H,1-2H2/b19-17-,20-18-. The van der Waals surface area contributed by atoms with E-state index in [0.717, 1.165) is 45.8 Å². The summed E-state index contributed by atoms with van der Waals surface area (Å²) in [7, 11) is 0. The lowest BCUT2D eigenvalue weighted by Crippen LogP contribution is -1.85. The van der Waals surface area contributed by atoms with Gasteiger partial charge in [-0.15, -0.1) is 0 Å². The molecule has 0 aliphatic carbocycles.